The quantitative estimate of drug-likeness (QED) is 0.605. The second kappa shape index (κ2) is 10.6. The standard InChI is InChI=1S/C27H29F2N5S/c1-20(32-14-16-33(17-15-32)27-30-12-2-18-35-27)19-34-13-11-25(21-3-7-23(28)8-4-21)31-26(34)22-5-9-24(29)10-6-22/h3-11H,1-2,12-19H2. The lowest BCUT2D eigenvalue weighted by molar-refractivity contribution is 0.214. The van der Waals surface area contributed by atoms with Crippen molar-refractivity contribution in [2.24, 2.45) is 9.98 Å². The zero-order valence-corrected chi connectivity index (χ0v) is 20.5. The summed E-state index contributed by atoms with van der Waals surface area (Å²) in [6.45, 7) is 10.3. The Labute approximate surface area is 209 Å². The van der Waals surface area contributed by atoms with Crippen LogP contribution in [-0.2, 0) is 0 Å². The van der Waals surface area contributed by atoms with Gasteiger partial charge in [-0.2, -0.15) is 0 Å². The molecule has 3 heterocycles. The number of amidine groups is 2. The fourth-order valence-corrected chi connectivity index (χ4v) is 5.48. The maximum Gasteiger partial charge on any atom is 0.159 e. The molecule has 2 aromatic carbocycles. The average molecular weight is 494 g/mol. The van der Waals surface area contributed by atoms with Crippen molar-refractivity contribution in [3.8, 4) is 0 Å². The highest BCUT2D eigenvalue weighted by Gasteiger charge is 2.25. The molecule has 0 aliphatic carbocycles. The smallest absolute Gasteiger partial charge is 0.159 e. The minimum absolute atomic E-state index is 0.278. The molecular formula is C27H29F2N5S. The third-order valence-corrected chi connectivity index (χ3v) is 7.56. The maximum absolute atomic E-state index is 13.6. The van der Waals surface area contributed by atoms with Crippen LogP contribution in [-0.4, -0.2) is 77.3 Å². The molecule has 3 aliphatic heterocycles. The van der Waals surface area contributed by atoms with Crippen LogP contribution in [0.2, 0.25) is 0 Å². The molecule has 0 bridgehead atoms. The number of benzene rings is 2. The Hall–Kier alpha value is -3.13. The van der Waals surface area contributed by atoms with Crippen LogP contribution in [0.15, 0.2) is 76.9 Å². The van der Waals surface area contributed by atoms with Gasteiger partial charge in [-0.15, -0.1) is 0 Å². The van der Waals surface area contributed by atoms with Gasteiger partial charge in [0.25, 0.3) is 0 Å². The Morgan fingerprint density at radius 3 is 2.20 bits per heavy atom. The van der Waals surface area contributed by atoms with Gasteiger partial charge in [0.15, 0.2) is 5.17 Å². The van der Waals surface area contributed by atoms with Crippen molar-refractivity contribution in [2.75, 3.05) is 51.6 Å². The lowest BCUT2D eigenvalue weighted by atomic mass is 10.1. The summed E-state index contributed by atoms with van der Waals surface area (Å²) in [5, 5.41) is 1.18. The molecule has 0 N–H and O–H groups in total. The third kappa shape index (κ3) is 5.59. The molecule has 182 valence electrons. The summed E-state index contributed by atoms with van der Waals surface area (Å²) in [5.41, 5.74) is 3.51. The molecule has 0 spiro atoms. The predicted octanol–water partition coefficient (Wildman–Crippen LogP) is 4.69. The molecular weight excluding hydrogens is 464 g/mol. The van der Waals surface area contributed by atoms with Gasteiger partial charge >= 0.3 is 0 Å². The van der Waals surface area contributed by atoms with E-state index in [1.54, 1.807) is 24.3 Å². The minimum Gasteiger partial charge on any atom is -0.370 e. The van der Waals surface area contributed by atoms with Crippen LogP contribution in [0.4, 0.5) is 8.78 Å². The lowest BCUT2D eigenvalue weighted by Crippen LogP contribution is -2.49. The van der Waals surface area contributed by atoms with Gasteiger partial charge in [-0.3, -0.25) is 4.99 Å². The lowest BCUT2D eigenvalue weighted by Gasteiger charge is -2.40. The van der Waals surface area contributed by atoms with Gasteiger partial charge in [0.1, 0.15) is 17.5 Å². The van der Waals surface area contributed by atoms with Crippen molar-refractivity contribution in [3.05, 3.63) is 89.6 Å². The molecule has 5 nitrogen and oxygen atoms in total. The largest absolute Gasteiger partial charge is 0.370 e. The van der Waals surface area contributed by atoms with Crippen LogP contribution in [0.3, 0.4) is 0 Å². The molecule has 1 fully saturated rings. The van der Waals surface area contributed by atoms with Crippen LogP contribution in [0, 0.1) is 11.6 Å². The highest BCUT2D eigenvalue weighted by Crippen LogP contribution is 2.25. The highest BCUT2D eigenvalue weighted by atomic mass is 32.2. The molecule has 8 heteroatoms. The molecule has 0 aromatic heterocycles. The van der Waals surface area contributed by atoms with Crippen molar-refractivity contribution in [1.82, 2.24) is 14.7 Å². The molecule has 0 atom stereocenters. The molecule has 2 aromatic rings. The van der Waals surface area contributed by atoms with Crippen LogP contribution < -0.4 is 0 Å². The van der Waals surface area contributed by atoms with E-state index in [1.165, 1.54) is 29.4 Å². The fraction of sp³-hybridized carbons (Fsp3) is 0.333. The van der Waals surface area contributed by atoms with E-state index in [-0.39, 0.29) is 11.6 Å². The summed E-state index contributed by atoms with van der Waals surface area (Å²) in [6.07, 6.45) is 3.21. The first-order valence-electron chi connectivity index (χ1n) is 12.0. The van der Waals surface area contributed by atoms with Crippen molar-refractivity contribution in [2.45, 2.75) is 6.42 Å². The molecule has 0 saturated carbocycles. The van der Waals surface area contributed by atoms with E-state index in [4.69, 9.17) is 4.99 Å². The normalized spacial score (nSPS) is 18.7. The summed E-state index contributed by atoms with van der Waals surface area (Å²) in [4.78, 5) is 16.5. The Morgan fingerprint density at radius 2 is 1.57 bits per heavy atom. The van der Waals surface area contributed by atoms with Gasteiger partial charge in [-0.05, 0) is 61.0 Å². The van der Waals surface area contributed by atoms with Gasteiger partial charge in [0.05, 0.1) is 12.2 Å². The number of rotatable bonds is 5. The predicted molar refractivity (Wildman–Crippen MR) is 141 cm³/mol. The van der Waals surface area contributed by atoms with Gasteiger partial charge in [0.2, 0.25) is 0 Å². The van der Waals surface area contributed by atoms with E-state index < -0.39 is 0 Å². The van der Waals surface area contributed by atoms with Crippen LogP contribution in [0.1, 0.15) is 17.5 Å². The Morgan fingerprint density at radius 1 is 0.914 bits per heavy atom. The highest BCUT2D eigenvalue weighted by molar-refractivity contribution is 8.13. The zero-order chi connectivity index (χ0) is 24.2. The molecule has 35 heavy (non-hydrogen) atoms. The summed E-state index contributed by atoms with van der Waals surface area (Å²) in [7, 11) is 0. The van der Waals surface area contributed by atoms with E-state index in [0.717, 1.165) is 73.3 Å². The van der Waals surface area contributed by atoms with E-state index in [0.29, 0.717) is 13.1 Å². The number of thioether (sulfide) groups is 1. The summed E-state index contributed by atoms with van der Waals surface area (Å²) in [5.74, 6) is 1.35. The summed E-state index contributed by atoms with van der Waals surface area (Å²) < 4.78 is 27.0. The second-order valence-electron chi connectivity index (χ2n) is 8.83. The third-order valence-electron chi connectivity index (χ3n) is 6.42. The van der Waals surface area contributed by atoms with Gasteiger partial charge in [-0.1, -0.05) is 18.3 Å². The van der Waals surface area contributed by atoms with Crippen LogP contribution in [0.5, 0.6) is 0 Å². The summed E-state index contributed by atoms with van der Waals surface area (Å²) in [6, 6.07) is 12.7. The van der Waals surface area contributed by atoms with Gasteiger partial charge in [-0.25, -0.2) is 13.8 Å². The van der Waals surface area contributed by atoms with Crippen LogP contribution >= 0.6 is 11.8 Å². The van der Waals surface area contributed by atoms with E-state index in [2.05, 4.69) is 26.3 Å². The van der Waals surface area contributed by atoms with Crippen molar-refractivity contribution in [3.63, 3.8) is 0 Å². The molecule has 0 unspecified atom stereocenters. The first-order chi connectivity index (χ1) is 17.1. The first-order valence-corrected chi connectivity index (χ1v) is 13.0. The van der Waals surface area contributed by atoms with E-state index in [1.807, 2.05) is 17.8 Å². The number of aliphatic imine (C=N–C) groups is 2. The molecule has 3 aliphatic rings. The average Bonchev–Trinajstić information content (AvgIpc) is 2.90. The zero-order valence-electron chi connectivity index (χ0n) is 19.7. The second-order valence-corrected chi connectivity index (χ2v) is 9.89. The first kappa shape index (κ1) is 23.6. The Balaban J connectivity index is 1.29. The van der Waals surface area contributed by atoms with E-state index in [9.17, 15) is 8.78 Å². The Bertz CT molecular complexity index is 1150. The topological polar surface area (TPSA) is 34.4 Å². The Kier molecular flexibility index (Phi) is 7.18. The SMILES string of the molecule is C=C(CN1CC=C(c2ccc(F)cc2)N=C1c1ccc(F)cc1)N1CCN(C2=NCCCS2)CC1. The molecule has 5 rings (SSSR count). The van der Waals surface area contributed by atoms with Crippen molar-refractivity contribution >= 4 is 28.5 Å². The number of hydrogen-bond donors (Lipinski definition) is 0. The number of nitrogens with zero attached hydrogens (tertiary/aromatic N) is 5. The maximum atomic E-state index is 13.6. The molecule has 0 amide bonds. The van der Waals surface area contributed by atoms with Gasteiger partial charge in [0, 0.05) is 61.8 Å². The van der Waals surface area contributed by atoms with Crippen molar-refractivity contribution in [1.29, 1.82) is 0 Å². The van der Waals surface area contributed by atoms with Gasteiger partial charge < -0.3 is 14.7 Å². The summed E-state index contributed by atoms with van der Waals surface area (Å²) >= 11 is 1.86. The number of hydrogen-bond acceptors (Lipinski definition) is 6. The monoisotopic (exact) mass is 493 g/mol. The van der Waals surface area contributed by atoms with Crippen molar-refractivity contribution < 1.29 is 8.78 Å². The fourth-order valence-electron chi connectivity index (χ4n) is 4.48. The van der Waals surface area contributed by atoms with Crippen LogP contribution in [0.25, 0.3) is 5.70 Å². The molecule has 0 radical (unpaired) electrons. The number of halogens is 2. The number of piperazine rings is 1. The minimum atomic E-state index is -0.283. The molecule has 1 saturated heterocycles. The van der Waals surface area contributed by atoms with E-state index >= 15 is 0 Å².